The third-order valence-corrected chi connectivity index (χ3v) is 2.89. The molecule has 1 aromatic carbocycles. The van der Waals surface area contributed by atoms with Gasteiger partial charge in [-0.15, -0.1) is 11.6 Å². The summed E-state index contributed by atoms with van der Waals surface area (Å²) < 4.78 is 74.5. The van der Waals surface area contributed by atoms with E-state index < -0.39 is 30.6 Å². The van der Waals surface area contributed by atoms with Gasteiger partial charge in [-0.1, -0.05) is 0 Å². The fraction of sp³-hybridized carbons (Fsp3) is 0.500. The lowest BCUT2D eigenvalue weighted by Gasteiger charge is -2.18. The van der Waals surface area contributed by atoms with E-state index >= 15 is 0 Å². The lowest BCUT2D eigenvalue weighted by atomic mass is 10.1. The lowest BCUT2D eigenvalue weighted by molar-refractivity contribution is -0.137. The second kappa shape index (κ2) is 7.28. The summed E-state index contributed by atoms with van der Waals surface area (Å²) in [7, 11) is 0. The molecule has 1 unspecified atom stereocenters. The van der Waals surface area contributed by atoms with E-state index in [-0.39, 0.29) is 23.8 Å². The summed E-state index contributed by atoms with van der Waals surface area (Å²) in [6.07, 6.45) is -10.2. The zero-order valence-electron chi connectivity index (χ0n) is 11.0. The fourth-order valence-electron chi connectivity index (χ4n) is 1.50. The van der Waals surface area contributed by atoms with Crippen LogP contribution in [0, 0.1) is 0 Å². The maximum atomic E-state index is 12.6. The Morgan fingerprint density at radius 1 is 1.05 bits per heavy atom. The van der Waals surface area contributed by atoms with Crippen molar-refractivity contribution < 1.29 is 31.4 Å². The zero-order chi connectivity index (χ0) is 17.0. The minimum atomic E-state index is -4.63. The van der Waals surface area contributed by atoms with Gasteiger partial charge < -0.3 is 15.7 Å². The molecule has 10 heteroatoms. The summed E-state index contributed by atoms with van der Waals surface area (Å²) >= 11 is 5.35. The minimum absolute atomic E-state index is 0.160. The molecule has 0 amide bonds. The minimum Gasteiger partial charge on any atom is -0.390 e. The molecule has 1 atom stereocenters. The quantitative estimate of drug-likeness (QED) is 0.541. The predicted molar refractivity (Wildman–Crippen MR) is 71.2 cm³/mol. The van der Waals surface area contributed by atoms with Crippen LogP contribution in [0.5, 0.6) is 0 Å². The molecule has 0 radical (unpaired) electrons. The van der Waals surface area contributed by atoms with Gasteiger partial charge in [0.1, 0.15) is 6.54 Å². The monoisotopic (exact) mass is 350 g/mol. The molecule has 0 aliphatic rings. The van der Waals surface area contributed by atoms with E-state index in [0.717, 1.165) is 6.07 Å². The Morgan fingerprint density at radius 2 is 1.68 bits per heavy atom. The lowest BCUT2D eigenvalue weighted by Crippen LogP contribution is -2.24. The van der Waals surface area contributed by atoms with Gasteiger partial charge in [0.05, 0.1) is 28.9 Å². The number of alkyl halides is 7. The van der Waals surface area contributed by atoms with Crippen molar-refractivity contribution in [2.24, 2.45) is 0 Å². The van der Waals surface area contributed by atoms with E-state index in [1.54, 1.807) is 0 Å². The van der Waals surface area contributed by atoms with E-state index in [4.69, 9.17) is 11.6 Å². The molecule has 0 saturated heterocycles. The molecule has 0 aromatic heterocycles. The topological polar surface area (TPSA) is 44.3 Å². The highest BCUT2D eigenvalue weighted by molar-refractivity contribution is 6.18. The molecular weight excluding hydrogens is 338 g/mol. The van der Waals surface area contributed by atoms with E-state index in [2.05, 4.69) is 5.32 Å². The van der Waals surface area contributed by atoms with E-state index in [0.29, 0.717) is 12.1 Å². The zero-order valence-corrected chi connectivity index (χ0v) is 11.8. The Hall–Kier alpha value is -1.35. The molecule has 0 saturated carbocycles. The molecule has 1 aromatic rings. The van der Waals surface area contributed by atoms with Crippen molar-refractivity contribution in [3.8, 4) is 0 Å². The van der Waals surface area contributed by atoms with Crippen molar-refractivity contribution >= 4 is 23.0 Å². The first-order valence-corrected chi connectivity index (χ1v) is 6.56. The summed E-state index contributed by atoms with van der Waals surface area (Å²) in [6, 6.07) is 2.23. The van der Waals surface area contributed by atoms with Gasteiger partial charge in [-0.05, 0) is 18.2 Å². The van der Waals surface area contributed by atoms with Crippen LogP contribution in [0.2, 0.25) is 0 Å². The first-order valence-electron chi connectivity index (χ1n) is 6.02. The Labute approximate surface area is 127 Å². The third kappa shape index (κ3) is 6.18. The second-order valence-electron chi connectivity index (χ2n) is 4.42. The van der Waals surface area contributed by atoms with Crippen molar-refractivity contribution in [1.82, 2.24) is 0 Å². The Kier molecular flexibility index (Phi) is 6.18. The SMILES string of the molecule is OC(CCl)CNc1cc(C(F)(F)F)ccc1NCC(F)(F)F. The van der Waals surface area contributed by atoms with Crippen molar-refractivity contribution in [2.45, 2.75) is 18.5 Å². The summed E-state index contributed by atoms with van der Waals surface area (Å²) in [5.74, 6) is -0.169. The molecule has 22 heavy (non-hydrogen) atoms. The summed E-state index contributed by atoms with van der Waals surface area (Å²) in [5, 5.41) is 13.7. The number of halogens is 7. The Balaban J connectivity index is 2.98. The van der Waals surface area contributed by atoms with Crippen LogP contribution in [0.4, 0.5) is 37.7 Å². The van der Waals surface area contributed by atoms with Crippen molar-refractivity contribution in [1.29, 1.82) is 0 Å². The molecule has 3 nitrogen and oxygen atoms in total. The van der Waals surface area contributed by atoms with Crippen LogP contribution in [-0.4, -0.2) is 36.4 Å². The summed E-state index contributed by atoms with van der Waals surface area (Å²) in [6.45, 7) is -1.60. The molecule has 0 spiro atoms. The van der Waals surface area contributed by atoms with Gasteiger partial charge in [0.15, 0.2) is 0 Å². The van der Waals surface area contributed by atoms with Crippen LogP contribution in [0.1, 0.15) is 5.56 Å². The third-order valence-electron chi connectivity index (χ3n) is 2.53. The summed E-state index contributed by atoms with van der Waals surface area (Å²) in [4.78, 5) is 0. The molecule has 0 heterocycles. The molecule has 0 fully saturated rings. The second-order valence-corrected chi connectivity index (χ2v) is 4.72. The van der Waals surface area contributed by atoms with Crippen molar-refractivity contribution in [3.63, 3.8) is 0 Å². The smallest absolute Gasteiger partial charge is 0.390 e. The van der Waals surface area contributed by atoms with Crippen molar-refractivity contribution in [3.05, 3.63) is 23.8 Å². The number of hydrogen-bond donors (Lipinski definition) is 3. The highest BCUT2D eigenvalue weighted by Crippen LogP contribution is 2.34. The number of aliphatic hydroxyl groups is 1. The fourth-order valence-corrected chi connectivity index (χ4v) is 1.61. The predicted octanol–water partition coefficient (Wildman–Crippen LogP) is 3.69. The van der Waals surface area contributed by atoms with Gasteiger partial charge in [0.25, 0.3) is 0 Å². The number of nitrogens with one attached hydrogen (secondary N) is 2. The van der Waals surface area contributed by atoms with Gasteiger partial charge in [-0.2, -0.15) is 26.3 Å². The first-order chi connectivity index (χ1) is 10.0. The van der Waals surface area contributed by atoms with Crippen molar-refractivity contribution in [2.75, 3.05) is 29.6 Å². The van der Waals surface area contributed by atoms with Crippen LogP contribution >= 0.6 is 11.6 Å². The number of rotatable bonds is 6. The maximum Gasteiger partial charge on any atom is 0.416 e. The molecule has 0 aliphatic carbocycles. The average molecular weight is 351 g/mol. The number of anilines is 2. The maximum absolute atomic E-state index is 12.6. The molecule has 126 valence electrons. The van der Waals surface area contributed by atoms with Crippen LogP contribution in [0.15, 0.2) is 18.2 Å². The molecular formula is C12H13ClF6N2O. The normalized spacial score (nSPS) is 13.8. The molecule has 0 bridgehead atoms. The van der Waals surface area contributed by atoms with E-state index in [1.807, 2.05) is 5.32 Å². The van der Waals surface area contributed by atoms with Crippen LogP contribution < -0.4 is 10.6 Å². The Morgan fingerprint density at radius 3 is 2.18 bits per heavy atom. The van der Waals surface area contributed by atoms with Gasteiger partial charge in [0.2, 0.25) is 0 Å². The molecule has 0 aliphatic heterocycles. The number of benzene rings is 1. The average Bonchev–Trinajstić information content (AvgIpc) is 2.40. The van der Waals surface area contributed by atoms with E-state index in [1.165, 1.54) is 0 Å². The highest BCUT2D eigenvalue weighted by Gasteiger charge is 2.32. The largest absolute Gasteiger partial charge is 0.416 e. The van der Waals surface area contributed by atoms with E-state index in [9.17, 15) is 31.4 Å². The van der Waals surface area contributed by atoms with Crippen LogP contribution in [0.3, 0.4) is 0 Å². The molecule has 1 rings (SSSR count). The number of hydrogen-bond acceptors (Lipinski definition) is 3. The van der Waals surface area contributed by atoms with Crippen LogP contribution in [-0.2, 0) is 6.18 Å². The first kappa shape index (κ1) is 18.7. The standard InChI is InChI=1S/C12H13ClF6N2O/c13-4-8(22)5-20-10-3-7(12(17,18)19)1-2-9(10)21-6-11(14,15)16/h1-3,8,20-22H,4-6H2. The van der Waals surface area contributed by atoms with Crippen LogP contribution in [0.25, 0.3) is 0 Å². The van der Waals surface area contributed by atoms with Gasteiger partial charge in [-0.25, -0.2) is 0 Å². The number of aliphatic hydroxyl groups excluding tert-OH is 1. The highest BCUT2D eigenvalue weighted by atomic mass is 35.5. The Bertz CT molecular complexity index is 491. The van der Waals surface area contributed by atoms with Gasteiger partial charge in [0, 0.05) is 6.54 Å². The van der Waals surface area contributed by atoms with Gasteiger partial charge >= 0.3 is 12.4 Å². The summed E-state index contributed by atoms with van der Waals surface area (Å²) in [5.41, 5.74) is -1.39. The molecule has 3 N–H and O–H groups in total. The van der Waals surface area contributed by atoms with Gasteiger partial charge in [-0.3, -0.25) is 0 Å².